The number of hydrogen-bond acceptors (Lipinski definition) is 3. The molecule has 12 heavy (non-hydrogen) atoms. The Bertz CT molecular complexity index is 146. The van der Waals surface area contributed by atoms with Crippen molar-refractivity contribution in [1.29, 1.82) is 0 Å². The number of hydrogen-bond donors (Lipinski definition) is 4. The van der Waals surface area contributed by atoms with E-state index in [2.05, 4.69) is 15.6 Å². The normalized spacial score (nSPS) is 22.5. The minimum atomic E-state index is 0.168. The molecule has 0 aliphatic carbocycles. The van der Waals surface area contributed by atoms with Crippen molar-refractivity contribution in [3.63, 3.8) is 0 Å². The van der Waals surface area contributed by atoms with Gasteiger partial charge in [0, 0.05) is 19.1 Å². The molecule has 1 saturated heterocycles. The van der Waals surface area contributed by atoms with Gasteiger partial charge in [0.25, 0.3) is 0 Å². The Balaban J connectivity index is 1.98. The van der Waals surface area contributed by atoms with Crippen molar-refractivity contribution in [1.82, 2.24) is 10.6 Å². The molecule has 0 bridgehead atoms. The van der Waals surface area contributed by atoms with Crippen LogP contribution in [0.3, 0.4) is 0 Å². The lowest BCUT2D eigenvalue weighted by atomic mass is 10.3. The Labute approximate surface area is 72.6 Å². The largest absolute Gasteiger partial charge is 0.370 e. The molecule has 1 aliphatic rings. The Morgan fingerprint density at radius 2 is 2.42 bits per heavy atom. The molecule has 1 aliphatic heterocycles. The van der Waals surface area contributed by atoms with Gasteiger partial charge in [-0.15, -0.1) is 0 Å². The first-order valence-corrected chi connectivity index (χ1v) is 4.28. The van der Waals surface area contributed by atoms with Crippen LogP contribution < -0.4 is 22.1 Å². The van der Waals surface area contributed by atoms with Crippen LogP contribution in [0.25, 0.3) is 0 Å². The molecule has 1 fully saturated rings. The van der Waals surface area contributed by atoms with Crippen LogP contribution in [0.2, 0.25) is 0 Å². The standard InChI is InChI=1S/C7H17N5/c8-7(9)12-4-3-11-6-1-2-10-5-6/h6,10-11H,1-5H2,(H4,8,9,12). The fraction of sp³-hybridized carbons (Fsp3) is 0.857. The van der Waals surface area contributed by atoms with Gasteiger partial charge in [-0.3, -0.25) is 4.99 Å². The molecule has 5 heteroatoms. The first-order valence-electron chi connectivity index (χ1n) is 4.28. The Morgan fingerprint density at radius 1 is 1.58 bits per heavy atom. The fourth-order valence-electron chi connectivity index (χ4n) is 1.28. The van der Waals surface area contributed by atoms with Gasteiger partial charge in [-0.1, -0.05) is 0 Å². The minimum absolute atomic E-state index is 0.168. The number of nitrogens with two attached hydrogens (primary N) is 2. The summed E-state index contributed by atoms with van der Waals surface area (Å²) in [4.78, 5) is 3.87. The van der Waals surface area contributed by atoms with E-state index in [-0.39, 0.29) is 5.96 Å². The van der Waals surface area contributed by atoms with Crippen LogP contribution in [-0.4, -0.2) is 38.2 Å². The highest BCUT2D eigenvalue weighted by Gasteiger charge is 2.11. The Kier molecular flexibility index (Phi) is 3.83. The molecule has 1 rings (SSSR count). The van der Waals surface area contributed by atoms with Crippen LogP contribution in [0.15, 0.2) is 4.99 Å². The highest BCUT2D eigenvalue weighted by Crippen LogP contribution is 1.95. The minimum Gasteiger partial charge on any atom is -0.370 e. The number of aliphatic imine (C=N–C) groups is 1. The summed E-state index contributed by atoms with van der Waals surface area (Å²) >= 11 is 0. The zero-order chi connectivity index (χ0) is 8.81. The monoisotopic (exact) mass is 171 g/mol. The van der Waals surface area contributed by atoms with Crippen molar-refractivity contribution < 1.29 is 0 Å². The van der Waals surface area contributed by atoms with E-state index in [1.807, 2.05) is 0 Å². The van der Waals surface area contributed by atoms with E-state index in [0.717, 1.165) is 19.6 Å². The lowest BCUT2D eigenvalue weighted by Crippen LogP contribution is -2.33. The van der Waals surface area contributed by atoms with Crippen LogP contribution in [0, 0.1) is 0 Å². The van der Waals surface area contributed by atoms with Crippen molar-refractivity contribution >= 4 is 5.96 Å². The molecule has 6 N–H and O–H groups in total. The lowest BCUT2D eigenvalue weighted by Gasteiger charge is -2.08. The van der Waals surface area contributed by atoms with Gasteiger partial charge in [-0.2, -0.15) is 0 Å². The first-order chi connectivity index (χ1) is 5.79. The summed E-state index contributed by atoms with van der Waals surface area (Å²) in [6, 6.07) is 0.596. The van der Waals surface area contributed by atoms with E-state index in [4.69, 9.17) is 11.5 Å². The zero-order valence-electron chi connectivity index (χ0n) is 7.21. The van der Waals surface area contributed by atoms with Gasteiger partial charge in [0.1, 0.15) is 0 Å². The van der Waals surface area contributed by atoms with E-state index in [0.29, 0.717) is 12.6 Å². The summed E-state index contributed by atoms with van der Waals surface area (Å²) in [5.41, 5.74) is 10.3. The molecule has 0 aromatic carbocycles. The summed E-state index contributed by atoms with van der Waals surface area (Å²) in [5.74, 6) is 0.168. The molecule has 0 aromatic heterocycles. The maximum absolute atomic E-state index is 5.17. The second-order valence-corrected chi connectivity index (χ2v) is 2.95. The molecule has 0 saturated carbocycles. The highest BCUT2D eigenvalue weighted by molar-refractivity contribution is 5.75. The van der Waals surface area contributed by atoms with Crippen LogP contribution in [0.1, 0.15) is 6.42 Å². The maximum atomic E-state index is 5.17. The average Bonchev–Trinajstić information content (AvgIpc) is 2.49. The van der Waals surface area contributed by atoms with Crippen molar-refractivity contribution in [3.8, 4) is 0 Å². The third-order valence-corrected chi connectivity index (χ3v) is 1.90. The summed E-state index contributed by atoms with van der Waals surface area (Å²) in [6.45, 7) is 3.69. The molecule has 0 spiro atoms. The van der Waals surface area contributed by atoms with Crippen molar-refractivity contribution in [2.75, 3.05) is 26.2 Å². The fourth-order valence-corrected chi connectivity index (χ4v) is 1.28. The maximum Gasteiger partial charge on any atom is 0.185 e. The SMILES string of the molecule is NC(N)=NCCNC1CCNC1. The molecular weight excluding hydrogens is 154 g/mol. The molecule has 1 atom stereocenters. The average molecular weight is 171 g/mol. The van der Waals surface area contributed by atoms with Crippen LogP contribution in [0.4, 0.5) is 0 Å². The van der Waals surface area contributed by atoms with Crippen LogP contribution in [0.5, 0.6) is 0 Å². The van der Waals surface area contributed by atoms with Crippen LogP contribution >= 0.6 is 0 Å². The van der Waals surface area contributed by atoms with Gasteiger partial charge in [0.2, 0.25) is 0 Å². The summed E-state index contributed by atoms with van der Waals surface area (Å²) in [5, 5.41) is 6.63. The van der Waals surface area contributed by atoms with E-state index >= 15 is 0 Å². The van der Waals surface area contributed by atoms with Crippen molar-refractivity contribution in [3.05, 3.63) is 0 Å². The smallest absolute Gasteiger partial charge is 0.185 e. The molecule has 0 amide bonds. The van der Waals surface area contributed by atoms with Gasteiger partial charge < -0.3 is 22.1 Å². The molecule has 0 aromatic rings. The van der Waals surface area contributed by atoms with Gasteiger partial charge >= 0.3 is 0 Å². The van der Waals surface area contributed by atoms with Gasteiger partial charge in [0.05, 0.1) is 6.54 Å². The van der Waals surface area contributed by atoms with Crippen molar-refractivity contribution in [2.45, 2.75) is 12.5 Å². The number of nitrogens with one attached hydrogen (secondary N) is 2. The second-order valence-electron chi connectivity index (χ2n) is 2.95. The number of rotatable bonds is 4. The molecule has 5 nitrogen and oxygen atoms in total. The lowest BCUT2D eigenvalue weighted by molar-refractivity contribution is 0.555. The first kappa shape index (κ1) is 9.28. The predicted octanol–water partition coefficient (Wildman–Crippen LogP) is -1.79. The van der Waals surface area contributed by atoms with Gasteiger partial charge in [-0.05, 0) is 13.0 Å². The Hall–Kier alpha value is -0.810. The zero-order valence-corrected chi connectivity index (χ0v) is 7.21. The summed E-state index contributed by atoms with van der Waals surface area (Å²) in [7, 11) is 0. The third kappa shape index (κ3) is 3.54. The number of guanidine groups is 1. The molecular formula is C7H17N5. The Morgan fingerprint density at radius 3 is 3.00 bits per heavy atom. The van der Waals surface area contributed by atoms with Gasteiger partial charge in [-0.25, -0.2) is 0 Å². The van der Waals surface area contributed by atoms with Crippen LogP contribution in [-0.2, 0) is 0 Å². The third-order valence-electron chi connectivity index (χ3n) is 1.90. The topological polar surface area (TPSA) is 88.5 Å². The summed E-state index contributed by atoms with van der Waals surface area (Å²) < 4.78 is 0. The van der Waals surface area contributed by atoms with E-state index in [9.17, 15) is 0 Å². The second kappa shape index (κ2) is 4.95. The predicted molar refractivity (Wildman–Crippen MR) is 50.0 cm³/mol. The molecule has 0 radical (unpaired) electrons. The quantitative estimate of drug-likeness (QED) is 0.228. The van der Waals surface area contributed by atoms with E-state index in [1.165, 1.54) is 6.42 Å². The molecule has 1 unspecified atom stereocenters. The van der Waals surface area contributed by atoms with E-state index < -0.39 is 0 Å². The van der Waals surface area contributed by atoms with Gasteiger partial charge in [0.15, 0.2) is 5.96 Å². The highest BCUT2D eigenvalue weighted by atomic mass is 15.0. The number of nitrogens with zero attached hydrogens (tertiary/aromatic N) is 1. The summed E-state index contributed by atoms with van der Waals surface area (Å²) in [6.07, 6.45) is 1.20. The molecule has 70 valence electrons. The molecule has 1 heterocycles. The van der Waals surface area contributed by atoms with Crippen molar-refractivity contribution in [2.24, 2.45) is 16.5 Å². The van der Waals surface area contributed by atoms with E-state index in [1.54, 1.807) is 0 Å².